The van der Waals surface area contributed by atoms with E-state index in [1.165, 1.54) is 12.8 Å². The van der Waals surface area contributed by atoms with Crippen LogP contribution in [0.3, 0.4) is 0 Å². The summed E-state index contributed by atoms with van der Waals surface area (Å²) < 4.78 is 5.41. The van der Waals surface area contributed by atoms with E-state index in [0.717, 1.165) is 25.4 Å². The molecule has 1 atom stereocenters. The first-order valence-corrected chi connectivity index (χ1v) is 4.89. The quantitative estimate of drug-likeness (QED) is 0.764. The Morgan fingerprint density at radius 3 is 3.23 bits per heavy atom. The summed E-state index contributed by atoms with van der Waals surface area (Å²) in [5.74, 6) is 1.09. The predicted molar refractivity (Wildman–Crippen MR) is 51.3 cm³/mol. The Morgan fingerprint density at radius 2 is 2.54 bits per heavy atom. The molecular weight excluding hydrogens is 164 g/mol. The molecule has 0 radical (unpaired) electrons. The minimum Gasteiger partial charge on any atom is -0.468 e. The van der Waals surface area contributed by atoms with Gasteiger partial charge in [-0.05, 0) is 31.5 Å². The van der Waals surface area contributed by atoms with Crippen molar-refractivity contribution in [2.75, 3.05) is 19.6 Å². The smallest absolute Gasteiger partial charge is 0.120 e. The van der Waals surface area contributed by atoms with Gasteiger partial charge in [-0.1, -0.05) is 0 Å². The molecular formula is C10H16N2O. The number of hydrogen-bond acceptors (Lipinski definition) is 3. The summed E-state index contributed by atoms with van der Waals surface area (Å²) in [6.45, 7) is 2.87. The second-order valence-electron chi connectivity index (χ2n) is 3.50. The number of nitrogens with zero attached hydrogens (tertiary/aromatic N) is 1. The normalized spacial score (nSPS) is 23.9. The first kappa shape index (κ1) is 8.78. The highest BCUT2D eigenvalue weighted by molar-refractivity contribution is 5.06. The fraction of sp³-hybridized carbons (Fsp3) is 0.600. The molecule has 1 aliphatic rings. The van der Waals surface area contributed by atoms with Crippen LogP contribution in [-0.2, 0) is 0 Å². The van der Waals surface area contributed by atoms with Crippen LogP contribution in [0.1, 0.15) is 24.6 Å². The molecule has 0 aromatic carbocycles. The van der Waals surface area contributed by atoms with Gasteiger partial charge in [-0.3, -0.25) is 4.90 Å². The van der Waals surface area contributed by atoms with Crippen LogP contribution in [0.4, 0.5) is 0 Å². The minimum absolute atomic E-state index is 0.471. The summed E-state index contributed by atoms with van der Waals surface area (Å²) in [4.78, 5) is 2.40. The van der Waals surface area contributed by atoms with Crippen LogP contribution in [-0.4, -0.2) is 24.5 Å². The highest BCUT2D eigenvalue weighted by Crippen LogP contribution is 2.31. The molecule has 1 aliphatic heterocycles. The van der Waals surface area contributed by atoms with Gasteiger partial charge < -0.3 is 10.2 Å². The van der Waals surface area contributed by atoms with Gasteiger partial charge in [0.15, 0.2) is 0 Å². The van der Waals surface area contributed by atoms with E-state index in [-0.39, 0.29) is 0 Å². The van der Waals surface area contributed by atoms with Crippen molar-refractivity contribution in [3.05, 3.63) is 24.2 Å². The van der Waals surface area contributed by atoms with Crippen molar-refractivity contribution >= 4 is 0 Å². The lowest BCUT2D eigenvalue weighted by Crippen LogP contribution is -2.28. The summed E-state index contributed by atoms with van der Waals surface area (Å²) in [6.07, 6.45) is 4.20. The summed E-state index contributed by atoms with van der Waals surface area (Å²) in [7, 11) is 0. The monoisotopic (exact) mass is 180 g/mol. The van der Waals surface area contributed by atoms with E-state index in [1.807, 2.05) is 6.07 Å². The highest BCUT2D eigenvalue weighted by atomic mass is 16.3. The molecule has 2 heterocycles. The first-order valence-electron chi connectivity index (χ1n) is 4.89. The Kier molecular flexibility index (Phi) is 2.66. The van der Waals surface area contributed by atoms with E-state index < -0.39 is 0 Å². The van der Waals surface area contributed by atoms with Gasteiger partial charge >= 0.3 is 0 Å². The third kappa shape index (κ3) is 1.76. The molecule has 0 aliphatic carbocycles. The van der Waals surface area contributed by atoms with E-state index in [9.17, 15) is 0 Å². The molecule has 1 aromatic heterocycles. The van der Waals surface area contributed by atoms with Crippen molar-refractivity contribution in [1.82, 2.24) is 4.90 Å². The zero-order valence-electron chi connectivity index (χ0n) is 7.78. The van der Waals surface area contributed by atoms with Gasteiger partial charge in [0, 0.05) is 13.1 Å². The van der Waals surface area contributed by atoms with Crippen LogP contribution in [0.5, 0.6) is 0 Å². The molecule has 0 amide bonds. The summed E-state index contributed by atoms with van der Waals surface area (Å²) in [5.41, 5.74) is 5.55. The second kappa shape index (κ2) is 3.94. The lowest BCUT2D eigenvalue weighted by molar-refractivity contribution is 0.235. The van der Waals surface area contributed by atoms with Crippen LogP contribution >= 0.6 is 0 Å². The number of rotatable bonds is 3. The molecule has 3 heteroatoms. The fourth-order valence-electron chi connectivity index (χ4n) is 2.06. The highest BCUT2D eigenvalue weighted by Gasteiger charge is 2.26. The molecule has 0 spiro atoms. The Bertz CT molecular complexity index is 245. The van der Waals surface area contributed by atoms with Crippen molar-refractivity contribution in [2.45, 2.75) is 18.9 Å². The lowest BCUT2D eigenvalue weighted by atomic mass is 10.2. The van der Waals surface area contributed by atoms with Crippen LogP contribution in [0.25, 0.3) is 0 Å². The molecule has 0 bridgehead atoms. The summed E-state index contributed by atoms with van der Waals surface area (Å²) >= 11 is 0. The Hall–Kier alpha value is -0.800. The summed E-state index contributed by atoms with van der Waals surface area (Å²) in [5, 5.41) is 0. The SMILES string of the molecule is NCCN1CCCC1c1ccco1. The van der Waals surface area contributed by atoms with Crippen LogP contribution in [0, 0.1) is 0 Å². The third-order valence-corrected chi connectivity index (χ3v) is 2.65. The number of likely N-dealkylation sites (tertiary alicyclic amines) is 1. The molecule has 72 valence electrons. The van der Waals surface area contributed by atoms with Crippen LogP contribution in [0.2, 0.25) is 0 Å². The minimum atomic E-state index is 0.471. The van der Waals surface area contributed by atoms with E-state index in [2.05, 4.69) is 11.0 Å². The molecule has 1 fully saturated rings. The van der Waals surface area contributed by atoms with Gasteiger partial charge in [0.25, 0.3) is 0 Å². The molecule has 1 saturated heterocycles. The van der Waals surface area contributed by atoms with Gasteiger partial charge in [-0.25, -0.2) is 0 Å². The van der Waals surface area contributed by atoms with E-state index in [1.54, 1.807) is 6.26 Å². The molecule has 3 nitrogen and oxygen atoms in total. The average Bonchev–Trinajstić information content (AvgIpc) is 2.71. The van der Waals surface area contributed by atoms with Crippen LogP contribution in [0.15, 0.2) is 22.8 Å². The number of furan rings is 1. The molecule has 1 aromatic rings. The maximum atomic E-state index is 5.55. The van der Waals surface area contributed by atoms with Crippen molar-refractivity contribution in [3.63, 3.8) is 0 Å². The predicted octanol–water partition coefficient (Wildman–Crippen LogP) is 1.38. The van der Waals surface area contributed by atoms with E-state index >= 15 is 0 Å². The van der Waals surface area contributed by atoms with Gasteiger partial charge in [-0.2, -0.15) is 0 Å². The van der Waals surface area contributed by atoms with Gasteiger partial charge in [0.1, 0.15) is 5.76 Å². The standard InChI is InChI=1S/C10H16N2O/c11-5-7-12-6-1-3-9(12)10-4-2-8-13-10/h2,4,8-9H,1,3,5-7,11H2. The van der Waals surface area contributed by atoms with Gasteiger partial charge in [0.05, 0.1) is 12.3 Å². The number of hydrogen-bond donors (Lipinski definition) is 1. The van der Waals surface area contributed by atoms with Gasteiger partial charge in [-0.15, -0.1) is 0 Å². The molecule has 13 heavy (non-hydrogen) atoms. The Morgan fingerprint density at radius 1 is 1.62 bits per heavy atom. The molecule has 2 N–H and O–H groups in total. The second-order valence-corrected chi connectivity index (χ2v) is 3.50. The van der Waals surface area contributed by atoms with E-state index in [0.29, 0.717) is 6.04 Å². The van der Waals surface area contributed by atoms with Crippen molar-refractivity contribution in [2.24, 2.45) is 5.73 Å². The van der Waals surface area contributed by atoms with Crippen LogP contribution < -0.4 is 5.73 Å². The lowest BCUT2D eigenvalue weighted by Gasteiger charge is -2.21. The average molecular weight is 180 g/mol. The fourth-order valence-corrected chi connectivity index (χ4v) is 2.06. The zero-order chi connectivity index (χ0) is 9.10. The van der Waals surface area contributed by atoms with Crippen molar-refractivity contribution in [1.29, 1.82) is 0 Å². The molecule has 2 rings (SSSR count). The molecule has 1 unspecified atom stereocenters. The first-order chi connectivity index (χ1) is 6.42. The topological polar surface area (TPSA) is 42.4 Å². The molecule has 0 saturated carbocycles. The Balaban J connectivity index is 2.05. The third-order valence-electron chi connectivity index (χ3n) is 2.65. The maximum absolute atomic E-state index is 5.55. The Labute approximate surface area is 78.5 Å². The zero-order valence-corrected chi connectivity index (χ0v) is 7.78. The largest absolute Gasteiger partial charge is 0.468 e. The van der Waals surface area contributed by atoms with Crippen molar-refractivity contribution in [3.8, 4) is 0 Å². The number of nitrogens with two attached hydrogens (primary N) is 1. The maximum Gasteiger partial charge on any atom is 0.120 e. The van der Waals surface area contributed by atoms with E-state index in [4.69, 9.17) is 10.2 Å². The van der Waals surface area contributed by atoms with Gasteiger partial charge in [0.2, 0.25) is 0 Å². The summed E-state index contributed by atoms with van der Waals surface area (Å²) in [6, 6.07) is 4.48. The van der Waals surface area contributed by atoms with Crippen molar-refractivity contribution < 1.29 is 4.42 Å².